The van der Waals surface area contributed by atoms with Crippen molar-refractivity contribution in [1.29, 1.82) is 0 Å². The molecule has 2 heterocycles. The van der Waals surface area contributed by atoms with Crippen molar-refractivity contribution in [3.63, 3.8) is 0 Å². The summed E-state index contributed by atoms with van der Waals surface area (Å²) in [4.78, 5) is 44.4. The number of halogens is 1. The molecule has 4 amide bonds. The maximum Gasteiger partial charge on any atom is 0.325 e. The molecule has 2 aliphatic heterocycles. The van der Waals surface area contributed by atoms with Crippen LogP contribution < -0.4 is 5.32 Å². The Morgan fingerprint density at radius 2 is 1.83 bits per heavy atom. The van der Waals surface area contributed by atoms with Gasteiger partial charge in [-0.25, -0.2) is 9.18 Å². The zero-order valence-electron chi connectivity index (χ0n) is 20.8. The number of urea groups is 1. The standard InChI is InChI=1S/C28H33FN4O3/c1-31(2)17-18-33-26(35)28(30-27(33)36,20-22-9-6-10-24(29)19-22)23-13-15-32(16-14-23)25(34)12-11-21-7-4-3-5-8-21/h3-12,19,23H,13-18,20H2,1-2H3,(H,30,36)/b12-11+/t28-/m0/s1. The van der Waals surface area contributed by atoms with Crippen LogP contribution in [0, 0.1) is 11.7 Å². The second-order valence-electron chi connectivity index (χ2n) is 9.81. The van der Waals surface area contributed by atoms with Crippen molar-refractivity contribution in [1.82, 2.24) is 20.0 Å². The van der Waals surface area contributed by atoms with Crippen molar-refractivity contribution in [2.75, 3.05) is 40.3 Å². The van der Waals surface area contributed by atoms with Gasteiger partial charge in [-0.1, -0.05) is 42.5 Å². The van der Waals surface area contributed by atoms with Gasteiger partial charge in [-0.3, -0.25) is 14.5 Å². The van der Waals surface area contributed by atoms with Crippen LogP contribution in [0.1, 0.15) is 24.0 Å². The molecule has 1 N–H and O–H groups in total. The van der Waals surface area contributed by atoms with E-state index >= 15 is 0 Å². The second-order valence-corrected chi connectivity index (χ2v) is 9.81. The monoisotopic (exact) mass is 492 g/mol. The van der Waals surface area contributed by atoms with Crippen LogP contribution in [0.4, 0.5) is 9.18 Å². The molecule has 0 aromatic heterocycles. The first kappa shape index (κ1) is 25.6. The van der Waals surface area contributed by atoms with Crippen molar-refractivity contribution in [3.8, 4) is 0 Å². The summed E-state index contributed by atoms with van der Waals surface area (Å²) in [6.45, 7) is 1.79. The van der Waals surface area contributed by atoms with Crippen molar-refractivity contribution in [2.45, 2.75) is 24.8 Å². The SMILES string of the molecule is CN(C)CCN1C(=O)N[C@@](Cc2cccc(F)c2)(C2CCN(C(=O)/C=C/c3ccccc3)CC2)C1=O. The average molecular weight is 493 g/mol. The van der Waals surface area contributed by atoms with Crippen molar-refractivity contribution < 1.29 is 18.8 Å². The van der Waals surface area contributed by atoms with Crippen LogP contribution in [0.5, 0.6) is 0 Å². The maximum absolute atomic E-state index is 14.0. The highest BCUT2D eigenvalue weighted by molar-refractivity contribution is 6.07. The Labute approximate surface area is 211 Å². The molecule has 4 rings (SSSR count). The largest absolute Gasteiger partial charge is 0.339 e. The van der Waals surface area contributed by atoms with Gasteiger partial charge in [0.2, 0.25) is 5.91 Å². The van der Waals surface area contributed by atoms with E-state index in [1.54, 1.807) is 29.2 Å². The van der Waals surface area contributed by atoms with Gasteiger partial charge in [0.05, 0.1) is 0 Å². The number of likely N-dealkylation sites (N-methyl/N-ethyl adjacent to an activating group) is 1. The summed E-state index contributed by atoms with van der Waals surface area (Å²) in [5.74, 6) is -0.906. The highest BCUT2D eigenvalue weighted by Gasteiger charge is 2.55. The topological polar surface area (TPSA) is 73.0 Å². The molecule has 2 aromatic rings. The van der Waals surface area contributed by atoms with Crippen LogP contribution in [0.3, 0.4) is 0 Å². The number of benzene rings is 2. The van der Waals surface area contributed by atoms with Gasteiger partial charge in [-0.2, -0.15) is 0 Å². The summed E-state index contributed by atoms with van der Waals surface area (Å²) in [7, 11) is 3.77. The first-order valence-corrected chi connectivity index (χ1v) is 12.3. The number of imide groups is 1. The molecule has 2 aromatic carbocycles. The number of hydrogen-bond donors (Lipinski definition) is 1. The summed E-state index contributed by atoms with van der Waals surface area (Å²) in [6.07, 6.45) is 4.70. The molecule has 2 fully saturated rings. The van der Waals surface area contributed by atoms with E-state index in [0.717, 1.165) is 5.56 Å². The van der Waals surface area contributed by atoms with Crippen LogP contribution in [-0.2, 0) is 16.0 Å². The van der Waals surface area contributed by atoms with Crippen LogP contribution in [0.2, 0.25) is 0 Å². The Morgan fingerprint density at radius 1 is 1.11 bits per heavy atom. The lowest BCUT2D eigenvalue weighted by Gasteiger charge is -2.41. The third kappa shape index (κ3) is 5.65. The van der Waals surface area contributed by atoms with Gasteiger partial charge in [-0.05, 0) is 62.2 Å². The molecular weight excluding hydrogens is 459 g/mol. The van der Waals surface area contributed by atoms with E-state index in [-0.39, 0.29) is 36.5 Å². The van der Waals surface area contributed by atoms with Crippen LogP contribution in [0.15, 0.2) is 60.7 Å². The van der Waals surface area contributed by atoms with E-state index in [4.69, 9.17) is 0 Å². The number of likely N-dealkylation sites (tertiary alicyclic amines) is 1. The Hall–Kier alpha value is -3.52. The summed E-state index contributed by atoms with van der Waals surface area (Å²) < 4.78 is 14.0. The third-order valence-electron chi connectivity index (χ3n) is 7.07. The molecule has 190 valence electrons. The molecule has 0 aliphatic carbocycles. The first-order valence-electron chi connectivity index (χ1n) is 12.3. The molecule has 0 radical (unpaired) electrons. The van der Waals surface area contributed by atoms with Crippen LogP contribution >= 0.6 is 0 Å². The summed E-state index contributed by atoms with van der Waals surface area (Å²) in [5.41, 5.74) is 0.445. The van der Waals surface area contributed by atoms with Gasteiger partial charge in [0, 0.05) is 38.7 Å². The highest BCUT2D eigenvalue weighted by atomic mass is 19.1. The number of carbonyl (C=O) groups excluding carboxylic acids is 3. The Bertz CT molecular complexity index is 1130. The number of hydrogen-bond acceptors (Lipinski definition) is 4. The highest BCUT2D eigenvalue weighted by Crippen LogP contribution is 2.36. The number of carbonyl (C=O) groups is 3. The van der Waals surface area contributed by atoms with E-state index in [1.165, 1.54) is 17.0 Å². The van der Waals surface area contributed by atoms with E-state index in [0.29, 0.717) is 38.0 Å². The molecule has 2 aliphatic rings. The smallest absolute Gasteiger partial charge is 0.325 e. The van der Waals surface area contributed by atoms with E-state index in [2.05, 4.69) is 5.32 Å². The quantitative estimate of drug-likeness (QED) is 0.454. The minimum absolute atomic E-state index is 0.0779. The molecule has 0 spiro atoms. The number of nitrogens with one attached hydrogen (secondary N) is 1. The Morgan fingerprint density at radius 3 is 2.50 bits per heavy atom. The number of amides is 4. The van der Waals surface area contributed by atoms with Crippen LogP contribution in [0.25, 0.3) is 6.08 Å². The average Bonchev–Trinajstić information content (AvgIpc) is 3.11. The lowest BCUT2D eigenvalue weighted by Crippen LogP contribution is -2.58. The predicted octanol–water partition coefficient (Wildman–Crippen LogP) is 3.17. The lowest BCUT2D eigenvalue weighted by atomic mass is 9.74. The molecule has 0 unspecified atom stereocenters. The Balaban J connectivity index is 1.51. The fourth-order valence-electron chi connectivity index (χ4n) is 5.09. The zero-order valence-corrected chi connectivity index (χ0v) is 20.8. The van der Waals surface area contributed by atoms with Crippen molar-refractivity contribution >= 4 is 23.9 Å². The van der Waals surface area contributed by atoms with Gasteiger partial charge < -0.3 is 15.1 Å². The number of rotatable bonds is 8. The second kappa shape index (κ2) is 11.0. The maximum atomic E-state index is 14.0. The van der Waals surface area contributed by atoms with Gasteiger partial charge in [0.15, 0.2) is 0 Å². The first-order chi connectivity index (χ1) is 17.3. The summed E-state index contributed by atoms with van der Waals surface area (Å²) in [5, 5.41) is 3.00. The molecule has 7 nitrogen and oxygen atoms in total. The summed E-state index contributed by atoms with van der Waals surface area (Å²) in [6, 6.07) is 15.4. The molecule has 36 heavy (non-hydrogen) atoms. The van der Waals surface area contributed by atoms with Gasteiger partial charge in [0.25, 0.3) is 5.91 Å². The van der Waals surface area contributed by atoms with Crippen molar-refractivity contribution in [3.05, 3.63) is 77.6 Å². The van der Waals surface area contributed by atoms with E-state index in [9.17, 15) is 18.8 Å². The van der Waals surface area contributed by atoms with Crippen LogP contribution in [-0.4, -0.2) is 78.4 Å². The molecule has 0 saturated carbocycles. The summed E-state index contributed by atoms with van der Waals surface area (Å²) >= 11 is 0. The molecular formula is C28H33FN4O3. The van der Waals surface area contributed by atoms with E-state index < -0.39 is 11.6 Å². The van der Waals surface area contributed by atoms with Gasteiger partial charge in [-0.15, -0.1) is 0 Å². The molecule has 8 heteroatoms. The predicted molar refractivity (Wildman–Crippen MR) is 136 cm³/mol. The normalized spacial score (nSPS) is 21.0. The van der Waals surface area contributed by atoms with E-state index in [1.807, 2.05) is 49.3 Å². The fourth-order valence-corrected chi connectivity index (χ4v) is 5.09. The third-order valence-corrected chi connectivity index (χ3v) is 7.07. The molecule has 0 bridgehead atoms. The van der Waals surface area contributed by atoms with Gasteiger partial charge >= 0.3 is 6.03 Å². The van der Waals surface area contributed by atoms with Gasteiger partial charge in [0.1, 0.15) is 11.4 Å². The minimum atomic E-state index is -1.16. The van der Waals surface area contributed by atoms with Crippen molar-refractivity contribution in [2.24, 2.45) is 5.92 Å². The zero-order chi connectivity index (χ0) is 25.7. The number of nitrogens with zero attached hydrogens (tertiary/aromatic N) is 3. The molecule has 1 atom stereocenters. The Kier molecular flexibility index (Phi) is 7.84. The minimum Gasteiger partial charge on any atom is -0.339 e. The lowest BCUT2D eigenvalue weighted by molar-refractivity contribution is -0.134. The number of piperidine rings is 1. The molecule has 2 saturated heterocycles. The fraction of sp³-hybridized carbons (Fsp3) is 0.393.